The van der Waals surface area contributed by atoms with Crippen LogP contribution in [0.15, 0.2) is 54.7 Å². The summed E-state index contributed by atoms with van der Waals surface area (Å²) in [6.07, 6.45) is 3.44. The van der Waals surface area contributed by atoms with Gasteiger partial charge in [-0.2, -0.15) is 0 Å². The zero-order valence-corrected chi connectivity index (χ0v) is 13.4. The molecule has 1 aliphatic rings. The van der Waals surface area contributed by atoms with E-state index in [1.54, 1.807) is 12.3 Å². The van der Waals surface area contributed by atoms with Crippen molar-refractivity contribution in [2.75, 3.05) is 0 Å². The predicted molar refractivity (Wildman–Crippen MR) is 93.3 cm³/mol. The molecule has 0 aliphatic heterocycles. The number of nitrogens with zero attached hydrogens (tertiary/aromatic N) is 2. The van der Waals surface area contributed by atoms with Gasteiger partial charge in [0.05, 0.1) is 22.5 Å². The third-order valence-corrected chi connectivity index (χ3v) is 4.14. The Hall–Kier alpha value is -3.28. The van der Waals surface area contributed by atoms with Crippen LogP contribution >= 0.6 is 0 Å². The van der Waals surface area contributed by atoms with Crippen LogP contribution in [0.25, 0.3) is 22.3 Å². The first-order valence-corrected chi connectivity index (χ1v) is 8.14. The first-order chi connectivity index (χ1) is 12.2. The molecule has 0 radical (unpaired) electrons. The van der Waals surface area contributed by atoms with E-state index < -0.39 is 0 Å². The second-order valence-corrected chi connectivity index (χ2v) is 6.00. The monoisotopic (exact) mass is 332 g/mol. The lowest BCUT2D eigenvalue weighted by Crippen LogP contribution is -2.42. The predicted octanol–water partition coefficient (Wildman–Crippen LogP) is 2.47. The van der Waals surface area contributed by atoms with Crippen LogP contribution in [-0.2, 0) is 4.79 Å². The quantitative estimate of drug-likeness (QED) is 0.722. The number of nitrogens with one attached hydrogen (secondary N) is 2. The normalized spacial score (nSPS) is 13.4. The smallest absolute Gasteiger partial charge is 0.270 e. The molecule has 0 atom stereocenters. The molecule has 1 saturated carbocycles. The van der Waals surface area contributed by atoms with Crippen molar-refractivity contribution < 1.29 is 9.59 Å². The van der Waals surface area contributed by atoms with Crippen LogP contribution in [0.5, 0.6) is 0 Å². The highest BCUT2D eigenvalue weighted by atomic mass is 16.2. The summed E-state index contributed by atoms with van der Waals surface area (Å²) in [6, 6.07) is 14.6. The molecule has 1 aromatic carbocycles. The van der Waals surface area contributed by atoms with Gasteiger partial charge in [-0.25, -0.2) is 4.98 Å². The number of hydrazine groups is 1. The van der Waals surface area contributed by atoms with Gasteiger partial charge in [-0.15, -0.1) is 0 Å². The van der Waals surface area contributed by atoms with Gasteiger partial charge in [0.2, 0.25) is 5.91 Å². The number of hydrogen-bond acceptors (Lipinski definition) is 4. The molecule has 0 unspecified atom stereocenters. The number of benzene rings is 1. The van der Waals surface area contributed by atoms with Crippen molar-refractivity contribution in [2.24, 2.45) is 5.92 Å². The molecule has 0 bridgehead atoms. The van der Waals surface area contributed by atoms with Crippen LogP contribution in [0, 0.1) is 5.92 Å². The Kier molecular flexibility index (Phi) is 3.85. The molecule has 6 nitrogen and oxygen atoms in total. The summed E-state index contributed by atoms with van der Waals surface area (Å²) in [5, 5.41) is 0.723. The number of aromatic nitrogens is 2. The first-order valence-electron chi connectivity index (χ1n) is 8.14. The molecule has 25 heavy (non-hydrogen) atoms. The van der Waals surface area contributed by atoms with Crippen LogP contribution in [0.3, 0.4) is 0 Å². The number of amides is 2. The van der Waals surface area contributed by atoms with Gasteiger partial charge in [0.25, 0.3) is 5.91 Å². The van der Waals surface area contributed by atoms with Gasteiger partial charge in [0.15, 0.2) is 0 Å². The molecule has 6 heteroatoms. The third-order valence-electron chi connectivity index (χ3n) is 4.14. The first kappa shape index (κ1) is 15.3. The van der Waals surface area contributed by atoms with E-state index in [1.165, 1.54) is 0 Å². The second-order valence-electron chi connectivity index (χ2n) is 6.00. The van der Waals surface area contributed by atoms with Gasteiger partial charge in [-0.3, -0.25) is 25.4 Å². The Morgan fingerprint density at radius 2 is 1.76 bits per heavy atom. The number of carbonyl (C=O) groups excluding carboxylic acids is 2. The highest BCUT2D eigenvalue weighted by Gasteiger charge is 2.30. The lowest BCUT2D eigenvalue weighted by atomic mass is 10.1. The van der Waals surface area contributed by atoms with Crippen LogP contribution < -0.4 is 10.9 Å². The van der Waals surface area contributed by atoms with Gasteiger partial charge >= 0.3 is 0 Å². The molecule has 1 fully saturated rings. The molecule has 2 amide bonds. The molecule has 2 aromatic heterocycles. The highest BCUT2D eigenvalue weighted by Crippen LogP contribution is 2.28. The highest BCUT2D eigenvalue weighted by molar-refractivity contribution is 6.07. The molecule has 4 rings (SSSR count). The summed E-state index contributed by atoms with van der Waals surface area (Å²) in [5.41, 5.74) is 7.44. The maximum atomic E-state index is 12.6. The average molecular weight is 332 g/mol. The largest absolute Gasteiger partial charge is 0.273 e. The maximum absolute atomic E-state index is 12.6. The minimum Gasteiger partial charge on any atom is -0.273 e. The summed E-state index contributed by atoms with van der Waals surface area (Å²) < 4.78 is 0. The lowest BCUT2D eigenvalue weighted by Gasteiger charge is -2.11. The SMILES string of the molecule is O=C(NNC(=O)C1CC1)c1cc(-c2ccccn2)nc2ccccc12. The molecular formula is C19H16N4O2. The molecule has 1 aliphatic carbocycles. The van der Waals surface area contributed by atoms with Crippen LogP contribution in [0.2, 0.25) is 0 Å². The van der Waals surface area contributed by atoms with E-state index in [0.717, 1.165) is 18.2 Å². The summed E-state index contributed by atoms with van der Waals surface area (Å²) in [4.78, 5) is 33.3. The topological polar surface area (TPSA) is 84.0 Å². The third kappa shape index (κ3) is 3.19. The molecule has 2 heterocycles. The molecule has 0 saturated heterocycles. The van der Waals surface area contributed by atoms with E-state index in [9.17, 15) is 9.59 Å². The number of hydrogen-bond donors (Lipinski definition) is 2. The van der Waals surface area contributed by atoms with Crippen molar-refractivity contribution in [1.29, 1.82) is 0 Å². The summed E-state index contributed by atoms with van der Waals surface area (Å²) in [6.45, 7) is 0. The molecule has 124 valence electrons. The Morgan fingerprint density at radius 3 is 2.52 bits per heavy atom. The van der Waals surface area contributed by atoms with E-state index >= 15 is 0 Å². The van der Waals surface area contributed by atoms with Crippen molar-refractivity contribution in [3.05, 3.63) is 60.3 Å². The van der Waals surface area contributed by atoms with Crippen molar-refractivity contribution in [1.82, 2.24) is 20.8 Å². The molecule has 3 aromatic rings. The van der Waals surface area contributed by atoms with E-state index in [1.807, 2.05) is 42.5 Å². The van der Waals surface area contributed by atoms with Crippen molar-refractivity contribution in [3.8, 4) is 11.4 Å². The van der Waals surface area contributed by atoms with Gasteiger partial charge in [0.1, 0.15) is 0 Å². The van der Waals surface area contributed by atoms with Gasteiger partial charge in [-0.05, 0) is 37.1 Å². The minimum atomic E-state index is -0.371. The van der Waals surface area contributed by atoms with Gasteiger partial charge in [-0.1, -0.05) is 24.3 Å². The Morgan fingerprint density at radius 1 is 0.960 bits per heavy atom. The molecule has 2 N–H and O–H groups in total. The maximum Gasteiger partial charge on any atom is 0.270 e. The van der Waals surface area contributed by atoms with Crippen LogP contribution in [0.4, 0.5) is 0 Å². The van der Waals surface area contributed by atoms with Gasteiger partial charge in [0, 0.05) is 17.5 Å². The summed E-state index contributed by atoms with van der Waals surface area (Å²) >= 11 is 0. The minimum absolute atomic E-state index is 0.0264. The number of rotatable bonds is 3. The van der Waals surface area contributed by atoms with Gasteiger partial charge < -0.3 is 0 Å². The van der Waals surface area contributed by atoms with E-state index in [4.69, 9.17) is 0 Å². The summed E-state index contributed by atoms with van der Waals surface area (Å²) in [7, 11) is 0. The van der Waals surface area contributed by atoms with Crippen LogP contribution in [0.1, 0.15) is 23.2 Å². The Balaban J connectivity index is 1.70. The fourth-order valence-corrected chi connectivity index (χ4v) is 2.64. The molecular weight excluding hydrogens is 316 g/mol. The van der Waals surface area contributed by atoms with E-state index in [2.05, 4.69) is 20.8 Å². The fraction of sp³-hybridized carbons (Fsp3) is 0.158. The van der Waals surface area contributed by atoms with Crippen molar-refractivity contribution in [2.45, 2.75) is 12.8 Å². The zero-order chi connectivity index (χ0) is 17.2. The van der Waals surface area contributed by atoms with E-state index in [-0.39, 0.29) is 17.7 Å². The number of pyridine rings is 2. The van der Waals surface area contributed by atoms with Crippen LogP contribution in [-0.4, -0.2) is 21.8 Å². The Bertz CT molecular complexity index is 952. The zero-order valence-electron chi connectivity index (χ0n) is 13.4. The van der Waals surface area contributed by atoms with Crippen molar-refractivity contribution >= 4 is 22.7 Å². The molecule has 0 spiro atoms. The number of para-hydroxylation sites is 1. The number of carbonyl (C=O) groups is 2. The lowest BCUT2D eigenvalue weighted by molar-refractivity contribution is -0.123. The van der Waals surface area contributed by atoms with Crippen molar-refractivity contribution in [3.63, 3.8) is 0 Å². The average Bonchev–Trinajstić information content (AvgIpc) is 3.51. The standard InChI is InChI=1S/C19H16N4O2/c24-18(12-8-9-12)22-23-19(25)14-11-17(16-7-3-4-10-20-16)21-15-6-2-1-5-13(14)15/h1-7,10-12H,8-9H2,(H,22,24)(H,23,25). The summed E-state index contributed by atoms with van der Waals surface area (Å²) in [5.74, 6) is -0.486. The number of fused-ring (bicyclic) bond motifs is 1. The fourth-order valence-electron chi connectivity index (χ4n) is 2.64. The van der Waals surface area contributed by atoms with E-state index in [0.29, 0.717) is 22.5 Å². The Labute approximate surface area is 144 Å². The second kappa shape index (κ2) is 6.32.